The SMILES string of the molecule is Cn1c2nc(CC3=CCN=N3)sc2c2cnn(Cc3cn[nH]n3)c(=O)c21. The van der Waals surface area contributed by atoms with Crippen molar-refractivity contribution < 1.29 is 0 Å². The summed E-state index contributed by atoms with van der Waals surface area (Å²) in [7, 11) is 1.85. The molecule has 0 saturated heterocycles. The molecule has 1 aliphatic heterocycles. The van der Waals surface area contributed by atoms with Crippen LogP contribution in [-0.2, 0) is 20.0 Å². The van der Waals surface area contributed by atoms with E-state index in [1.54, 1.807) is 23.7 Å². The molecule has 0 amide bonds. The molecule has 0 aliphatic carbocycles. The van der Waals surface area contributed by atoms with Gasteiger partial charge in [0.15, 0.2) is 5.65 Å². The van der Waals surface area contributed by atoms with Crippen molar-refractivity contribution in [3.8, 4) is 0 Å². The number of H-pyrrole nitrogens is 1. The number of allylic oxidation sites excluding steroid dienone is 1. The highest BCUT2D eigenvalue weighted by Crippen LogP contribution is 2.32. The number of hydrogen-bond donors (Lipinski definition) is 1. The molecule has 130 valence electrons. The number of nitrogens with zero attached hydrogens (tertiary/aromatic N) is 8. The molecular weight excluding hydrogens is 354 g/mol. The number of fused-ring (bicyclic) bond motifs is 3. The summed E-state index contributed by atoms with van der Waals surface area (Å²) in [5, 5.41) is 24.4. The van der Waals surface area contributed by atoms with Gasteiger partial charge in [0.2, 0.25) is 0 Å². The van der Waals surface area contributed by atoms with Crippen molar-refractivity contribution >= 4 is 32.6 Å². The zero-order chi connectivity index (χ0) is 17.7. The lowest BCUT2D eigenvalue weighted by Gasteiger charge is -2.03. The summed E-state index contributed by atoms with van der Waals surface area (Å²) in [4.78, 5) is 17.6. The van der Waals surface area contributed by atoms with E-state index in [1.807, 2.05) is 17.7 Å². The molecule has 0 fully saturated rings. The van der Waals surface area contributed by atoms with Gasteiger partial charge in [0.05, 0.1) is 35.9 Å². The van der Waals surface area contributed by atoms with Crippen molar-refractivity contribution in [1.82, 2.24) is 34.7 Å². The predicted octanol–water partition coefficient (Wildman–Crippen LogP) is 1.40. The number of aromatic nitrogens is 7. The zero-order valence-corrected chi connectivity index (χ0v) is 14.6. The van der Waals surface area contributed by atoms with E-state index in [1.165, 1.54) is 4.68 Å². The third-order valence-electron chi connectivity index (χ3n) is 4.29. The summed E-state index contributed by atoms with van der Waals surface area (Å²) in [5.41, 5.74) is 2.78. The number of thiazole rings is 1. The Morgan fingerprint density at radius 1 is 1.35 bits per heavy atom. The monoisotopic (exact) mass is 367 g/mol. The Morgan fingerprint density at radius 2 is 2.27 bits per heavy atom. The molecular formula is C15H13N9OS. The number of rotatable bonds is 4. The third kappa shape index (κ3) is 2.28. The maximum Gasteiger partial charge on any atom is 0.291 e. The van der Waals surface area contributed by atoms with Crippen molar-refractivity contribution in [1.29, 1.82) is 0 Å². The largest absolute Gasteiger partial charge is 0.323 e. The van der Waals surface area contributed by atoms with Crippen LogP contribution in [0.15, 0.2) is 39.2 Å². The maximum absolute atomic E-state index is 12.9. The van der Waals surface area contributed by atoms with Crippen LogP contribution in [0.3, 0.4) is 0 Å². The summed E-state index contributed by atoms with van der Waals surface area (Å²) in [5.74, 6) is 0. The predicted molar refractivity (Wildman–Crippen MR) is 95.1 cm³/mol. The first-order valence-electron chi connectivity index (χ1n) is 7.96. The van der Waals surface area contributed by atoms with Gasteiger partial charge in [-0.05, 0) is 6.08 Å². The number of aryl methyl sites for hydroxylation is 1. The van der Waals surface area contributed by atoms with Crippen LogP contribution in [0.4, 0.5) is 0 Å². The maximum atomic E-state index is 12.9. The van der Waals surface area contributed by atoms with Crippen LogP contribution in [0.25, 0.3) is 21.3 Å². The summed E-state index contributed by atoms with van der Waals surface area (Å²) < 4.78 is 4.18. The number of azo groups is 1. The van der Waals surface area contributed by atoms with Gasteiger partial charge in [-0.3, -0.25) is 4.79 Å². The van der Waals surface area contributed by atoms with Crippen molar-refractivity contribution in [3.63, 3.8) is 0 Å². The normalized spacial score (nSPS) is 14.0. The molecule has 11 heteroatoms. The molecule has 0 bridgehead atoms. The molecule has 4 aromatic rings. The molecule has 0 saturated carbocycles. The molecule has 0 atom stereocenters. The van der Waals surface area contributed by atoms with Gasteiger partial charge in [-0.25, -0.2) is 9.67 Å². The second-order valence-corrected chi connectivity index (χ2v) is 7.03. The van der Waals surface area contributed by atoms with Gasteiger partial charge in [-0.2, -0.15) is 30.7 Å². The number of hydrogen-bond acceptors (Lipinski definition) is 8. The van der Waals surface area contributed by atoms with E-state index in [4.69, 9.17) is 4.98 Å². The Labute approximate surface area is 149 Å². The Morgan fingerprint density at radius 3 is 3.04 bits per heavy atom. The van der Waals surface area contributed by atoms with Crippen molar-refractivity contribution in [2.45, 2.75) is 13.0 Å². The van der Waals surface area contributed by atoms with Gasteiger partial charge >= 0.3 is 0 Å². The number of nitrogens with one attached hydrogen (secondary N) is 1. The van der Waals surface area contributed by atoms with Gasteiger partial charge in [0.25, 0.3) is 5.56 Å². The molecule has 0 spiro atoms. The molecule has 0 unspecified atom stereocenters. The lowest BCUT2D eigenvalue weighted by Crippen LogP contribution is -2.24. The van der Waals surface area contributed by atoms with Crippen LogP contribution in [-0.4, -0.2) is 41.3 Å². The Balaban J connectivity index is 1.61. The highest BCUT2D eigenvalue weighted by Gasteiger charge is 2.19. The first-order valence-corrected chi connectivity index (χ1v) is 8.77. The molecule has 4 aromatic heterocycles. The topological polar surface area (TPSA) is 119 Å². The Hall–Kier alpha value is -3.21. The highest BCUT2D eigenvalue weighted by atomic mass is 32.1. The lowest BCUT2D eigenvalue weighted by molar-refractivity contribution is 0.631. The Bertz CT molecular complexity index is 1240. The molecule has 5 rings (SSSR count). The van der Waals surface area contributed by atoms with Crippen LogP contribution in [0.1, 0.15) is 10.7 Å². The molecule has 0 radical (unpaired) electrons. The van der Waals surface area contributed by atoms with Crippen LogP contribution < -0.4 is 5.56 Å². The smallest absolute Gasteiger partial charge is 0.291 e. The molecule has 26 heavy (non-hydrogen) atoms. The van der Waals surface area contributed by atoms with E-state index < -0.39 is 0 Å². The van der Waals surface area contributed by atoms with E-state index in [2.05, 4.69) is 30.7 Å². The van der Waals surface area contributed by atoms with Crippen molar-refractivity contribution in [2.24, 2.45) is 17.3 Å². The quantitative estimate of drug-likeness (QED) is 0.585. The first-order chi connectivity index (χ1) is 12.7. The molecule has 10 nitrogen and oxygen atoms in total. The second-order valence-electron chi connectivity index (χ2n) is 5.95. The second kappa shape index (κ2) is 5.66. The fourth-order valence-electron chi connectivity index (χ4n) is 3.06. The minimum Gasteiger partial charge on any atom is -0.323 e. The summed E-state index contributed by atoms with van der Waals surface area (Å²) >= 11 is 1.56. The minimum atomic E-state index is -0.174. The minimum absolute atomic E-state index is 0.174. The molecule has 1 N–H and O–H groups in total. The summed E-state index contributed by atoms with van der Waals surface area (Å²) in [6.07, 6.45) is 5.94. The van der Waals surface area contributed by atoms with Crippen molar-refractivity contribution in [2.75, 3.05) is 6.54 Å². The average molecular weight is 367 g/mol. The van der Waals surface area contributed by atoms with Crippen LogP contribution in [0.2, 0.25) is 0 Å². The Kier molecular flexibility index (Phi) is 3.28. The van der Waals surface area contributed by atoms with Gasteiger partial charge < -0.3 is 4.57 Å². The number of aromatic amines is 1. The fourth-order valence-corrected chi connectivity index (χ4v) is 4.18. The van der Waals surface area contributed by atoms with Gasteiger partial charge in [-0.1, -0.05) is 0 Å². The lowest BCUT2D eigenvalue weighted by atomic mass is 10.3. The van der Waals surface area contributed by atoms with Gasteiger partial charge in [-0.15, -0.1) is 11.3 Å². The molecule has 5 heterocycles. The van der Waals surface area contributed by atoms with Crippen molar-refractivity contribution in [3.05, 3.63) is 45.2 Å². The molecule has 1 aliphatic rings. The van der Waals surface area contributed by atoms with Gasteiger partial charge in [0.1, 0.15) is 16.2 Å². The highest BCUT2D eigenvalue weighted by molar-refractivity contribution is 7.19. The van der Waals surface area contributed by atoms with Crippen LogP contribution in [0, 0.1) is 0 Å². The van der Waals surface area contributed by atoms with E-state index >= 15 is 0 Å². The zero-order valence-electron chi connectivity index (χ0n) is 13.7. The standard InChI is InChI=1S/C15H13N9OS/c1-23-12-10(6-18-24(15(12)25)7-9-5-17-22-21-9)13-14(23)19-11(26-13)4-8-2-3-16-20-8/h2,5-6H,3-4,7H2,1H3,(H,17,21,22). The fraction of sp³-hybridized carbons (Fsp3) is 0.267. The summed E-state index contributed by atoms with van der Waals surface area (Å²) in [6, 6.07) is 0. The first kappa shape index (κ1) is 15.1. The van der Waals surface area contributed by atoms with E-state index in [9.17, 15) is 4.79 Å². The van der Waals surface area contributed by atoms with Crippen LogP contribution >= 0.6 is 11.3 Å². The van der Waals surface area contributed by atoms with E-state index in [0.29, 0.717) is 24.2 Å². The third-order valence-corrected chi connectivity index (χ3v) is 5.36. The van der Waals surface area contributed by atoms with E-state index in [-0.39, 0.29) is 12.1 Å². The van der Waals surface area contributed by atoms with E-state index in [0.717, 1.165) is 26.4 Å². The average Bonchev–Trinajstić information content (AvgIpc) is 3.39. The van der Waals surface area contributed by atoms with Crippen LogP contribution in [0.5, 0.6) is 0 Å². The van der Waals surface area contributed by atoms with Gasteiger partial charge in [0, 0.05) is 18.9 Å². The molecule has 0 aromatic carbocycles. The summed E-state index contributed by atoms with van der Waals surface area (Å²) in [6.45, 7) is 0.903.